The van der Waals surface area contributed by atoms with E-state index in [9.17, 15) is 0 Å². The molecule has 1 aromatic rings. The van der Waals surface area contributed by atoms with E-state index in [0.717, 1.165) is 13.1 Å². The van der Waals surface area contributed by atoms with Crippen molar-refractivity contribution in [1.29, 1.82) is 0 Å². The number of H-pyrrole nitrogens is 1. The molecule has 14 heavy (non-hydrogen) atoms. The van der Waals surface area contributed by atoms with Crippen molar-refractivity contribution in [3.05, 3.63) is 11.9 Å². The van der Waals surface area contributed by atoms with E-state index in [4.69, 9.17) is 5.73 Å². The van der Waals surface area contributed by atoms with Gasteiger partial charge in [0.15, 0.2) is 5.95 Å². The number of piperidine rings is 1. The van der Waals surface area contributed by atoms with Gasteiger partial charge in [-0.1, -0.05) is 0 Å². The Labute approximate surface area is 95.9 Å². The molecule has 4 nitrogen and oxygen atoms in total. The Bertz CT molecular complexity index is 258. The van der Waals surface area contributed by atoms with Crippen LogP contribution >= 0.6 is 24.8 Å². The molecule has 1 aromatic heterocycles. The monoisotopic (exact) mass is 238 g/mol. The van der Waals surface area contributed by atoms with E-state index in [-0.39, 0.29) is 24.8 Å². The lowest BCUT2D eigenvalue weighted by atomic mass is 9.95. The topological polar surface area (TPSA) is 66.7 Å². The minimum Gasteiger partial charge on any atom is -0.369 e. The summed E-state index contributed by atoms with van der Waals surface area (Å²) in [6.07, 6.45) is 4.22. The van der Waals surface area contributed by atoms with Crippen LogP contribution in [-0.2, 0) is 0 Å². The number of aromatic amines is 1. The fourth-order valence-corrected chi connectivity index (χ4v) is 1.69. The molecule has 82 valence electrons. The van der Waals surface area contributed by atoms with Crippen LogP contribution in [0.1, 0.15) is 24.5 Å². The van der Waals surface area contributed by atoms with Crippen molar-refractivity contribution >= 4 is 30.8 Å². The van der Waals surface area contributed by atoms with Crippen LogP contribution in [0.15, 0.2) is 6.20 Å². The second-order valence-electron chi connectivity index (χ2n) is 3.25. The fourth-order valence-electron chi connectivity index (χ4n) is 1.69. The largest absolute Gasteiger partial charge is 0.369 e. The van der Waals surface area contributed by atoms with Crippen molar-refractivity contribution in [2.45, 2.75) is 18.8 Å². The Hall–Kier alpha value is -0.450. The smallest absolute Gasteiger partial charge is 0.197 e. The maximum atomic E-state index is 5.50. The van der Waals surface area contributed by atoms with Crippen LogP contribution in [0.3, 0.4) is 0 Å². The Balaban J connectivity index is 0.000000845. The van der Waals surface area contributed by atoms with Crippen LogP contribution in [-0.4, -0.2) is 23.1 Å². The van der Waals surface area contributed by atoms with Crippen LogP contribution in [0.25, 0.3) is 0 Å². The van der Waals surface area contributed by atoms with Gasteiger partial charge >= 0.3 is 0 Å². The van der Waals surface area contributed by atoms with Gasteiger partial charge in [0.25, 0.3) is 0 Å². The number of hydrogen-bond donors (Lipinski definition) is 3. The number of nitrogen functional groups attached to an aromatic ring is 1. The second kappa shape index (κ2) is 6.11. The summed E-state index contributed by atoms with van der Waals surface area (Å²) in [5, 5.41) is 3.33. The molecular weight excluding hydrogens is 223 g/mol. The van der Waals surface area contributed by atoms with Gasteiger partial charge in [0.1, 0.15) is 0 Å². The van der Waals surface area contributed by atoms with Crippen molar-refractivity contribution in [3.63, 3.8) is 0 Å². The third-order valence-corrected chi connectivity index (χ3v) is 2.39. The summed E-state index contributed by atoms with van der Waals surface area (Å²) in [5.41, 5.74) is 6.69. The van der Waals surface area contributed by atoms with Crippen molar-refractivity contribution in [2.24, 2.45) is 0 Å². The number of rotatable bonds is 1. The van der Waals surface area contributed by atoms with Gasteiger partial charge in [0.2, 0.25) is 0 Å². The SMILES string of the molecule is Cl.Cl.Nc1ncc(C2CCNCC2)[nH]1. The maximum Gasteiger partial charge on any atom is 0.197 e. The van der Waals surface area contributed by atoms with E-state index >= 15 is 0 Å². The molecule has 0 unspecified atom stereocenters. The number of anilines is 1. The molecule has 0 aromatic carbocycles. The molecule has 0 saturated carbocycles. The first-order valence-electron chi connectivity index (χ1n) is 4.37. The average Bonchev–Trinajstić information content (AvgIpc) is 2.54. The van der Waals surface area contributed by atoms with Crippen LogP contribution < -0.4 is 11.1 Å². The number of imidazole rings is 1. The summed E-state index contributed by atoms with van der Waals surface area (Å²) >= 11 is 0. The number of halogens is 2. The first-order valence-corrected chi connectivity index (χ1v) is 4.37. The lowest BCUT2D eigenvalue weighted by Crippen LogP contribution is -2.26. The van der Waals surface area contributed by atoms with E-state index in [1.165, 1.54) is 18.5 Å². The number of nitrogens with two attached hydrogens (primary N) is 1. The standard InChI is InChI=1S/C8H14N4.2ClH/c9-8-11-5-7(12-8)6-1-3-10-4-2-6;;/h5-6,10H,1-4H2,(H3,9,11,12);2*1H. The zero-order chi connectivity index (χ0) is 8.39. The number of aromatic nitrogens is 2. The molecule has 1 aliphatic heterocycles. The molecule has 0 amide bonds. The molecule has 2 rings (SSSR count). The van der Waals surface area contributed by atoms with E-state index in [2.05, 4.69) is 15.3 Å². The normalized spacial score (nSPS) is 16.9. The second-order valence-corrected chi connectivity index (χ2v) is 3.25. The zero-order valence-corrected chi connectivity index (χ0v) is 9.46. The number of nitrogens with one attached hydrogen (secondary N) is 2. The average molecular weight is 239 g/mol. The molecule has 1 aliphatic rings. The van der Waals surface area contributed by atoms with E-state index < -0.39 is 0 Å². The molecule has 0 atom stereocenters. The highest BCUT2D eigenvalue weighted by molar-refractivity contribution is 5.85. The summed E-state index contributed by atoms with van der Waals surface area (Å²) in [4.78, 5) is 7.08. The molecule has 0 spiro atoms. The summed E-state index contributed by atoms with van der Waals surface area (Å²) in [6, 6.07) is 0. The van der Waals surface area contributed by atoms with Crippen LogP contribution in [0.5, 0.6) is 0 Å². The van der Waals surface area contributed by atoms with Gasteiger partial charge < -0.3 is 16.0 Å². The first-order chi connectivity index (χ1) is 5.86. The van der Waals surface area contributed by atoms with Gasteiger partial charge in [-0.05, 0) is 25.9 Å². The van der Waals surface area contributed by atoms with Gasteiger partial charge in [0.05, 0.1) is 6.20 Å². The van der Waals surface area contributed by atoms with Gasteiger partial charge in [-0.15, -0.1) is 24.8 Å². The van der Waals surface area contributed by atoms with Crippen LogP contribution in [0.2, 0.25) is 0 Å². The lowest BCUT2D eigenvalue weighted by molar-refractivity contribution is 0.454. The third-order valence-electron chi connectivity index (χ3n) is 2.39. The summed E-state index contributed by atoms with van der Waals surface area (Å²) in [5.74, 6) is 1.15. The molecule has 0 bridgehead atoms. The van der Waals surface area contributed by atoms with Crippen molar-refractivity contribution in [2.75, 3.05) is 18.8 Å². The molecule has 4 N–H and O–H groups in total. The Morgan fingerprint density at radius 3 is 2.43 bits per heavy atom. The minimum absolute atomic E-state index is 0. The van der Waals surface area contributed by atoms with Crippen LogP contribution in [0, 0.1) is 0 Å². The summed E-state index contributed by atoms with van der Waals surface area (Å²) < 4.78 is 0. The highest BCUT2D eigenvalue weighted by Gasteiger charge is 2.16. The number of nitrogens with zero attached hydrogens (tertiary/aromatic N) is 1. The first kappa shape index (κ1) is 13.5. The zero-order valence-electron chi connectivity index (χ0n) is 7.82. The molecule has 0 radical (unpaired) electrons. The highest BCUT2D eigenvalue weighted by atomic mass is 35.5. The van der Waals surface area contributed by atoms with Crippen LogP contribution in [0.4, 0.5) is 5.95 Å². The van der Waals surface area contributed by atoms with Gasteiger partial charge in [-0.2, -0.15) is 0 Å². The van der Waals surface area contributed by atoms with E-state index in [1.54, 1.807) is 0 Å². The number of hydrogen-bond acceptors (Lipinski definition) is 3. The molecule has 0 aliphatic carbocycles. The van der Waals surface area contributed by atoms with E-state index in [0.29, 0.717) is 11.9 Å². The van der Waals surface area contributed by atoms with Crippen molar-refractivity contribution in [3.8, 4) is 0 Å². The summed E-state index contributed by atoms with van der Waals surface area (Å²) in [6.45, 7) is 2.20. The summed E-state index contributed by atoms with van der Waals surface area (Å²) in [7, 11) is 0. The minimum atomic E-state index is 0. The Kier molecular flexibility index (Phi) is 5.92. The molecule has 2 heterocycles. The molecule has 6 heteroatoms. The van der Waals surface area contributed by atoms with Gasteiger partial charge in [0, 0.05) is 11.6 Å². The van der Waals surface area contributed by atoms with Gasteiger partial charge in [-0.3, -0.25) is 0 Å². The molecule has 1 saturated heterocycles. The van der Waals surface area contributed by atoms with Crippen molar-refractivity contribution in [1.82, 2.24) is 15.3 Å². The molecule has 1 fully saturated rings. The predicted molar refractivity (Wildman–Crippen MR) is 62.3 cm³/mol. The third kappa shape index (κ3) is 3.04. The maximum absolute atomic E-state index is 5.50. The Morgan fingerprint density at radius 2 is 1.93 bits per heavy atom. The molecular formula is C8H16Cl2N4. The lowest BCUT2D eigenvalue weighted by Gasteiger charge is -2.20. The highest BCUT2D eigenvalue weighted by Crippen LogP contribution is 2.23. The fraction of sp³-hybridized carbons (Fsp3) is 0.625. The quantitative estimate of drug-likeness (QED) is 0.692. The van der Waals surface area contributed by atoms with Crippen molar-refractivity contribution < 1.29 is 0 Å². The van der Waals surface area contributed by atoms with E-state index in [1.807, 2.05) is 6.20 Å². The Morgan fingerprint density at radius 1 is 1.29 bits per heavy atom. The van der Waals surface area contributed by atoms with Gasteiger partial charge in [-0.25, -0.2) is 4.98 Å². The predicted octanol–water partition coefficient (Wildman–Crippen LogP) is 1.30.